The van der Waals surface area contributed by atoms with E-state index in [2.05, 4.69) is 120 Å². The van der Waals surface area contributed by atoms with Crippen molar-refractivity contribution in [2.24, 2.45) is 0 Å². The molecule has 0 N–H and O–H groups in total. The van der Waals surface area contributed by atoms with E-state index in [1.165, 1.54) is 22.5 Å². The number of anilines is 3. The number of hydrogen-bond donors (Lipinski definition) is 0. The fourth-order valence-electron chi connectivity index (χ4n) is 4.78. The van der Waals surface area contributed by atoms with Crippen LogP contribution in [0.25, 0.3) is 21.1 Å². The van der Waals surface area contributed by atoms with Gasteiger partial charge in [-0.1, -0.05) is 84.1 Å². The molecule has 1 aliphatic rings. The van der Waals surface area contributed by atoms with Crippen molar-refractivity contribution in [3.05, 3.63) is 127 Å². The van der Waals surface area contributed by atoms with E-state index in [1.54, 1.807) is 11.3 Å². The third-order valence-corrected chi connectivity index (χ3v) is 7.66. The molecule has 4 aromatic carbocycles. The summed E-state index contributed by atoms with van der Waals surface area (Å²) in [5, 5.41) is 10.7. The Morgan fingerprint density at radius 3 is 1.74 bits per heavy atom. The van der Waals surface area contributed by atoms with Crippen molar-refractivity contribution >= 4 is 28.4 Å². The minimum absolute atomic E-state index is 0.246. The first kappa shape index (κ1) is 20.6. The standard InChI is InChI=1S/C30H23N3S/c1-3-30(2)24-13-7-9-15-26(24)33(27-16-10-8-14-25(27)30)23-19-17-22(18-20-23)29-32-31-28(34-29)21-11-5-4-6-12-21/h3-20H,1H2,2H3. The maximum absolute atomic E-state index is 4.45. The van der Waals surface area contributed by atoms with Crippen LogP contribution >= 0.6 is 11.3 Å². The number of rotatable bonds is 4. The number of fused-ring (bicyclic) bond motifs is 2. The van der Waals surface area contributed by atoms with Gasteiger partial charge < -0.3 is 4.90 Å². The average molecular weight is 458 g/mol. The van der Waals surface area contributed by atoms with Gasteiger partial charge in [-0.05, 0) is 54.4 Å². The second-order valence-corrected chi connectivity index (χ2v) is 9.58. The summed E-state index contributed by atoms with van der Waals surface area (Å²) in [6, 6.07) is 36.0. The quantitative estimate of drug-likeness (QED) is 0.255. The molecule has 4 heteroatoms. The summed E-state index contributed by atoms with van der Waals surface area (Å²) in [5.74, 6) is 0. The van der Waals surface area contributed by atoms with Gasteiger partial charge in [0.2, 0.25) is 0 Å². The minimum Gasteiger partial charge on any atom is -0.310 e. The van der Waals surface area contributed by atoms with Crippen LogP contribution in [0.15, 0.2) is 116 Å². The van der Waals surface area contributed by atoms with E-state index in [4.69, 9.17) is 0 Å². The van der Waals surface area contributed by atoms with Crippen molar-refractivity contribution in [2.45, 2.75) is 12.3 Å². The first-order chi connectivity index (χ1) is 16.7. The number of allylic oxidation sites excluding steroid dienone is 1. The Bertz CT molecular complexity index is 1440. The summed E-state index contributed by atoms with van der Waals surface area (Å²) < 4.78 is 0. The average Bonchev–Trinajstić information content (AvgIpc) is 3.40. The third kappa shape index (κ3) is 3.18. The highest BCUT2D eigenvalue weighted by molar-refractivity contribution is 7.17. The summed E-state index contributed by atoms with van der Waals surface area (Å²) in [4.78, 5) is 2.34. The van der Waals surface area contributed by atoms with Gasteiger partial charge in [0, 0.05) is 22.2 Å². The zero-order chi connectivity index (χ0) is 23.1. The molecular weight excluding hydrogens is 434 g/mol. The van der Waals surface area contributed by atoms with Crippen LogP contribution in [-0.4, -0.2) is 10.2 Å². The van der Waals surface area contributed by atoms with Crippen LogP contribution in [0.5, 0.6) is 0 Å². The predicted molar refractivity (Wildman–Crippen MR) is 142 cm³/mol. The van der Waals surface area contributed by atoms with E-state index in [9.17, 15) is 0 Å². The fraction of sp³-hybridized carbons (Fsp3) is 0.0667. The molecule has 0 unspecified atom stereocenters. The molecule has 0 amide bonds. The van der Waals surface area contributed by atoms with E-state index in [1.807, 2.05) is 18.2 Å². The predicted octanol–water partition coefficient (Wildman–Crippen LogP) is 8.15. The lowest BCUT2D eigenvalue weighted by molar-refractivity contribution is 0.712. The molecule has 2 heterocycles. The lowest BCUT2D eigenvalue weighted by Gasteiger charge is -2.42. The van der Waals surface area contributed by atoms with E-state index < -0.39 is 0 Å². The van der Waals surface area contributed by atoms with Crippen molar-refractivity contribution in [3.8, 4) is 21.1 Å². The van der Waals surface area contributed by atoms with Crippen LogP contribution < -0.4 is 4.90 Å². The van der Waals surface area contributed by atoms with Gasteiger partial charge in [0.05, 0.1) is 11.4 Å². The van der Waals surface area contributed by atoms with E-state index >= 15 is 0 Å². The Hall–Kier alpha value is -4.02. The number of aromatic nitrogens is 2. The highest BCUT2D eigenvalue weighted by atomic mass is 32.1. The van der Waals surface area contributed by atoms with Gasteiger partial charge >= 0.3 is 0 Å². The molecule has 34 heavy (non-hydrogen) atoms. The van der Waals surface area contributed by atoms with Crippen molar-refractivity contribution in [3.63, 3.8) is 0 Å². The number of para-hydroxylation sites is 2. The molecule has 3 nitrogen and oxygen atoms in total. The van der Waals surface area contributed by atoms with E-state index in [0.717, 1.165) is 26.8 Å². The van der Waals surface area contributed by atoms with Crippen LogP contribution in [0.2, 0.25) is 0 Å². The van der Waals surface area contributed by atoms with Crippen LogP contribution in [-0.2, 0) is 5.41 Å². The van der Waals surface area contributed by atoms with Crippen molar-refractivity contribution < 1.29 is 0 Å². The smallest absolute Gasteiger partial charge is 0.148 e. The summed E-state index contributed by atoms with van der Waals surface area (Å²) >= 11 is 1.61. The maximum atomic E-state index is 4.45. The van der Waals surface area contributed by atoms with Crippen LogP contribution in [0, 0.1) is 0 Å². The largest absolute Gasteiger partial charge is 0.310 e. The molecule has 0 aliphatic carbocycles. The van der Waals surface area contributed by atoms with Gasteiger partial charge in [0.15, 0.2) is 0 Å². The number of nitrogens with zero attached hydrogens (tertiary/aromatic N) is 3. The molecule has 0 saturated carbocycles. The Labute approximate surface area is 203 Å². The molecule has 5 aromatic rings. The second-order valence-electron chi connectivity index (χ2n) is 8.60. The van der Waals surface area contributed by atoms with Crippen LogP contribution in [0.4, 0.5) is 17.1 Å². The summed E-state index contributed by atoms with van der Waals surface area (Å²) in [6.45, 7) is 6.44. The number of hydrogen-bond acceptors (Lipinski definition) is 4. The molecule has 0 spiro atoms. The summed E-state index contributed by atoms with van der Waals surface area (Å²) in [7, 11) is 0. The maximum Gasteiger partial charge on any atom is 0.148 e. The lowest BCUT2D eigenvalue weighted by atomic mass is 9.72. The van der Waals surface area contributed by atoms with Crippen LogP contribution in [0.1, 0.15) is 18.1 Å². The van der Waals surface area contributed by atoms with Crippen molar-refractivity contribution in [2.75, 3.05) is 4.90 Å². The van der Waals surface area contributed by atoms with Gasteiger partial charge in [-0.15, -0.1) is 16.8 Å². The summed E-state index contributed by atoms with van der Waals surface area (Å²) in [5.41, 5.74) is 7.89. The minimum atomic E-state index is -0.246. The molecule has 0 bridgehead atoms. The van der Waals surface area contributed by atoms with Crippen molar-refractivity contribution in [1.82, 2.24) is 10.2 Å². The molecule has 0 saturated heterocycles. The normalized spacial score (nSPS) is 13.7. The van der Waals surface area contributed by atoms with Crippen molar-refractivity contribution in [1.29, 1.82) is 0 Å². The third-order valence-electron chi connectivity index (χ3n) is 6.64. The van der Waals surface area contributed by atoms with Gasteiger partial charge in [0.25, 0.3) is 0 Å². The molecule has 0 atom stereocenters. The Balaban J connectivity index is 1.42. The summed E-state index contributed by atoms with van der Waals surface area (Å²) in [6.07, 6.45) is 2.06. The van der Waals surface area contributed by atoms with Gasteiger partial charge in [-0.25, -0.2) is 0 Å². The van der Waals surface area contributed by atoms with E-state index in [-0.39, 0.29) is 5.41 Å². The molecule has 164 valence electrons. The van der Waals surface area contributed by atoms with Gasteiger partial charge in [-0.3, -0.25) is 0 Å². The first-order valence-corrected chi connectivity index (χ1v) is 12.1. The topological polar surface area (TPSA) is 29.0 Å². The van der Waals surface area contributed by atoms with Gasteiger partial charge in [0.1, 0.15) is 10.0 Å². The molecule has 0 radical (unpaired) electrons. The molecular formula is C30H23N3S. The lowest BCUT2D eigenvalue weighted by Crippen LogP contribution is -2.31. The zero-order valence-electron chi connectivity index (χ0n) is 18.8. The zero-order valence-corrected chi connectivity index (χ0v) is 19.7. The van der Waals surface area contributed by atoms with E-state index in [0.29, 0.717) is 0 Å². The molecule has 6 rings (SSSR count). The number of benzene rings is 4. The van der Waals surface area contributed by atoms with Crippen LogP contribution in [0.3, 0.4) is 0 Å². The Kier molecular flexibility index (Phi) is 4.89. The molecule has 0 fully saturated rings. The SMILES string of the molecule is C=CC1(C)c2ccccc2N(c2ccc(-c3nnc(-c4ccccc4)s3)cc2)c2ccccc21. The highest BCUT2D eigenvalue weighted by Crippen LogP contribution is 2.52. The monoisotopic (exact) mass is 457 g/mol. The van der Waals surface area contributed by atoms with Gasteiger partial charge in [-0.2, -0.15) is 0 Å². The first-order valence-electron chi connectivity index (χ1n) is 11.3. The molecule has 1 aliphatic heterocycles. The molecule has 1 aromatic heterocycles. The highest BCUT2D eigenvalue weighted by Gasteiger charge is 2.37. The Morgan fingerprint density at radius 1 is 0.676 bits per heavy atom. The Morgan fingerprint density at radius 2 is 1.18 bits per heavy atom. The second kappa shape index (κ2) is 8.08. The fourth-order valence-corrected chi connectivity index (χ4v) is 5.63.